The first-order chi connectivity index (χ1) is 9.08. The fourth-order valence-corrected chi connectivity index (χ4v) is 1.46. The molecule has 0 radical (unpaired) electrons. The second-order valence-corrected chi connectivity index (χ2v) is 3.82. The molecule has 0 aliphatic carbocycles. The minimum atomic E-state index is -1.04. The molecule has 0 heterocycles. The molecule has 0 aliphatic heterocycles. The third-order valence-corrected chi connectivity index (χ3v) is 2.28. The number of benzene rings is 1. The van der Waals surface area contributed by atoms with Gasteiger partial charge in [-0.05, 0) is 25.1 Å². The van der Waals surface area contributed by atoms with E-state index in [2.05, 4.69) is 0 Å². The maximum atomic E-state index is 10.9. The number of rotatable bonds is 8. The van der Waals surface area contributed by atoms with Crippen LogP contribution >= 0.6 is 0 Å². The summed E-state index contributed by atoms with van der Waals surface area (Å²) in [6.07, 6.45) is -0.751. The van der Waals surface area contributed by atoms with E-state index in [4.69, 9.17) is 19.3 Å². The average molecular weight is 270 g/mol. The summed E-state index contributed by atoms with van der Waals surface area (Å²) in [7, 11) is 1.48. The first-order valence-electron chi connectivity index (χ1n) is 5.88. The number of hydrogen-bond acceptors (Lipinski definition) is 5. The van der Waals surface area contributed by atoms with Crippen molar-refractivity contribution in [1.29, 1.82) is 0 Å². The van der Waals surface area contributed by atoms with E-state index < -0.39 is 12.1 Å². The van der Waals surface area contributed by atoms with E-state index in [1.165, 1.54) is 25.3 Å². The zero-order valence-electron chi connectivity index (χ0n) is 11.0. The molecule has 1 aromatic carbocycles. The zero-order valence-corrected chi connectivity index (χ0v) is 11.0. The molecule has 1 aromatic rings. The lowest BCUT2D eigenvalue weighted by Crippen LogP contribution is -2.22. The van der Waals surface area contributed by atoms with Gasteiger partial charge in [0.15, 0.2) is 11.5 Å². The first kappa shape index (κ1) is 15.3. The van der Waals surface area contributed by atoms with E-state index in [9.17, 15) is 9.90 Å². The summed E-state index contributed by atoms with van der Waals surface area (Å²) in [5, 5.41) is 18.4. The van der Waals surface area contributed by atoms with E-state index in [1.54, 1.807) is 6.92 Å². The van der Waals surface area contributed by atoms with Crippen molar-refractivity contribution in [1.82, 2.24) is 0 Å². The molecule has 0 saturated carbocycles. The van der Waals surface area contributed by atoms with E-state index in [0.29, 0.717) is 18.1 Å². The van der Waals surface area contributed by atoms with Crippen molar-refractivity contribution in [3.8, 4) is 11.5 Å². The van der Waals surface area contributed by atoms with Gasteiger partial charge in [0.05, 0.1) is 18.8 Å². The largest absolute Gasteiger partial charge is 0.490 e. The van der Waals surface area contributed by atoms with Crippen molar-refractivity contribution in [2.45, 2.75) is 13.0 Å². The highest BCUT2D eigenvalue weighted by Crippen LogP contribution is 2.28. The van der Waals surface area contributed by atoms with Crippen LogP contribution in [0.15, 0.2) is 18.2 Å². The molecule has 0 saturated heterocycles. The highest BCUT2D eigenvalue weighted by molar-refractivity contribution is 5.88. The summed E-state index contributed by atoms with van der Waals surface area (Å²) in [4.78, 5) is 10.9. The van der Waals surface area contributed by atoms with Crippen LogP contribution in [-0.4, -0.2) is 49.2 Å². The normalized spacial score (nSPS) is 11.9. The second kappa shape index (κ2) is 7.60. The predicted octanol–water partition coefficient (Wildman–Crippen LogP) is 1.17. The molecule has 0 aliphatic rings. The molecule has 2 N–H and O–H groups in total. The van der Waals surface area contributed by atoms with Gasteiger partial charge in [0.25, 0.3) is 0 Å². The molecule has 0 fully saturated rings. The van der Waals surface area contributed by atoms with Crippen LogP contribution in [0.1, 0.15) is 17.3 Å². The van der Waals surface area contributed by atoms with Gasteiger partial charge in [-0.15, -0.1) is 0 Å². The molecule has 1 rings (SSSR count). The van der Waals surface area contributed by atoms with Gasteiger partial charge in [-0.3, -0.25) is 0 Å². The lowest BCUT2D eigenvalue weighted by atomic mass is 10.2. The van der Waals surface area contributed by atoms with E-state index in [-0.39, 0.29) is 18.8 Å². The highest BCUT2D eigenvalue weighted by atomic mass is 16.5. The maximum Gasteiger partial charge on any atom is 0.335 e. The lowest BCUT2D eigenvalue weighted by Gasteiger charge is -2.15. The number of aromatic carboxylic acids is 1. The van der Waals surface area contributed by atoms with Crippen LogP contribution in [0.4, 0.5) is 0 Å². The van der Waals surface area contributed by atoms with Gasteiger partial charge in [0.2, 0.25) is 0 Å². The van der Waals surface area contributed by atoms with Crippen LogP contribution in [0, 0.1) is 0 Å². The van der Waals surface area contributed by atoms with Crippen LogP contribution in [0.2, 0.25) is 0 Å². The summed E-state index contributed by atoms with van der Waals surface area (Å²) in [5.74, 6) is -0.305. The molecule has 6 heteroatoms. The number of hydrogen-bond donors (Lipinski definition) is 2. The summed E-state index contributed by atoms with van der Waals surface area (Å²) in [6, 6.07) is 4.32. The maximum absolute atomic E-state index is 10.9. The van der Waals surface area contributed by atoms with Crippen LogP contribution < -0.4 is 9.47 Å². The summed E-state index contributed by atoms with van der Waals surface area (Å²) < 4.78 is 15.5. The molecule has 1 unspecified atom stereocenters. The van der Waals surface area contributed by atoms with Crippen molar-refractivity contribution in [2.24, 2.45) is 0 Å². The van der Waals surface area contributed by atoms with Crippen molar-refractivity contribution in [3.05, 3.63) is 23.8 Å². The molecule has 19 heavy (non-hydrogen) atoms. The van der Waals surface area contributed by atoms with Crippen LogP contribution in [-0.2, 0) is 4.74 Å². The van der Waals surface area contributed by atoms with Crippen LogP contribution in [0.25, 0.3) is 0 Å². The van der Waals surface area contributed by atoms with Gasteiger partial charge in [-0.25, -0.2) is 4.79 Å². The molecular formula is C13H18O6. The van der Waals surface area contributed by atoms with E-state index in [0.717, 1.165) is 0 Å². The van der Waals surface area contributed by atoms with Crippen molar-refractivity contribution < 1.29 is 29.2 Å². The molecular weight excluding hydrogens is 252 g/mol. The number of ether oxygens (including phenoxy) is 3. The molecule has 1 atom stereocenters. The number of aliphatic hydroxyl groups excluding tert-OH is 1. The Morgan fingerprint density at radius 3 is 2.58 bits per heavy atom. The third-order valence-electron chi connectivity index (χ3n) is 2.28. The van der Waals surface area contributed by atoms with Gasteiger partial charge in [0.1, 0.15) is 12.7 Å². The van der Waals surface area contributed by atoms with Crippen molar-refractivity contribution in [3.63, 3.8) is 0 Å². The number of aliphatic hydroxyl groups is 1. The monoisotopic (exact) mass is 270 g/mol. The Balaban J connectivity index is 2.78. The van der Waals surface area contributed by atoms with Gasteiger partial charge < -0.3 is 24.4 Å². The third kappa shape index (κ3) is 4.76. The quantitative estimate of drug-likeness (QED) is 0.737. The van der Waals surface area contributed by atoms with Gasteiger partial charge in [-0.2, -0.15) is 0 Å². The number of carbonyl (C=O) groups is 1. The number of methoxy groups -OCH3 is 1. The molecule has 106 valence electrons. The fourth-order valence-electron chi connectivity index (χ4n) is 1.46. The van der Waals surface area contributed by atoms with Gasteiger partial charge in [0, 0.05) is 7.11 Å². The minimum Gasteiger partial charge on any atom is -0.490 e. The Bertz CT molecular complexity index is 418. The zero-order chi connectivity index (χ0) is 14.3. The number of carboxylic acids is 1. The predicted molar refractivity (Wildman–Crippen MR) is 67.9 cm³/mol. The second-order valence-electron chi connectivity index (χ2n) is 3.82. The lowest BCUT2D eigenvalue weighted by molar-refractivity contribution is 0.0318. The highest BCUT2D eigenvalue weighted by Gasteiger charge is 2.12. The Kier molecular flexibility index (Phi) is 6.11. The Morgan fingerprint density at radius 2 is 2.00 bits per heavy atom. The first-order valence-corrected chi connectivity index (χ1v) is 5.88. The molecule has 0 spiro atoms. The Hall–Kier alpha value is -1.79. The summed E-state index contributed by atoms with van der Waals surface area (Å²) >= 11 is 0. The SMILES string of the molecule is CCOc1cc(C(=O)O)ccc1OCC(O)COC. The van der Waals surface area contributed by atoms with Gasteiger partial charge in [-0.1, -0.05) is 0 Å². The molecule has 0 aromatic heterocycles. The summed E-state index contributed by atoms with van der Waals surface area (Å²) in [5.41, 5.74) is 0.119. The fraction of sp³-hybridized carbons (Fsp3) is 0.462. The van der Waals surface area contributed by atoms with E-state index in [1.807, 2.05) is 0 Å². The van der Waals surface area contributed by atoms with Gasteiger partial charge >= 0.3 is 5.97 Å². The smallest absolute Gasteiger partial charge is 0.335 e. The van der Waals surface area contributed by atoms with Crippen molar-refractivity contribution >= 4 is 5.97 Å². The van der Waals surface area contributed by atoms with Crippen LogP contribution in [0.3, 0.4) is 0 Å². The topological polar surface area (TPSA) is 85.2 Å². The molecule has 0 amide bonds. The molecule has 0 bridgehead atoms. The minimum absolute atomic E-state index is 0.0420. The van der Waals surface area contributed by atoms with E-state index >= 15 is 0 Å². The Morgan fingerprint density at radius 1 is 1.26 bits per heavy atom. The summed E-state index contributed by atoms with van der Waals surface area (Å²) in [6.45, 7) is 2.38. The Labute approximate surface area is 111 Å². The standard InChI is InChI=1S/C13H18O6/c1-3-18-12-6-9(13(15)16)4-5-11(12)19-8-10(14)7-17-2/h4-6,10,14H,3,7-8H2,1-2H3,(H,15,16). The number of carboxylic acid groups (broad SMARTS) is 1. The average Bonchev–Trinajstić information content (AvgIpc) is 2.37. The van der Waals surface area contributed by atoms with Crippen molar-refractivity contribution in [2.75, 3.05) is 26.9 Å². The molecule has 6 nitrogen and oxygen atoms in total. The van der Waals surface area contributed by atoms with Crippen LogP contribution in [0.5, 0.6) is 11.5 Å².